The fourth-order valence-corrected chi connectivity index (χ4v) is 9.47. The van der Waals surface area contributed by atoms with Crippen molar-refractivity contribution in [3.8, 4) is 10.4 Å². The number of thiazole rings is 1. The molecule has 0 aliphatic heterocycles. The van der Waals surface area contributed by atoms with E-state index in [1.165, 1.54) is 26.4 Å². The maximum atomic E-state index is 7.00. The smallest absolute Gasteiger partial charge is 0.261 e. The highest BCUT2D eigenvalue weighted by molar-refractivity contribution is 7.13. The highest BCUT2D eigenvalue weighted by Gasteiger charge is 2.49. The normalized spacial score (nSPS) is 12.1. The molecule has 0 aliphatic carbocycles. The van der Waals surface area contributed by atoms with Gasteiger partial charge in [-0.05, 0) is 33.0 Å². The number of rotatable bonds is 7. The largest absolute Gasteiger partial charge is 0.407 e. The second-order valence-electron chi connectivity index (χ2n) is 8.82. The molecule has 0 fully saturated rings. The Kier molecular flexibility index (Phi) is 6.51. The zero-order valence-corrected chi connectivity index (χ0v) is 20.2. The van der Waals surface area contributed by atoms with Gasteiger partial charge in [-0.25, -0.2) is 0 Å². The summed E-state index contributed by atoms with van der Waals surface area (Å²) in [4.78, 5) is 5.39. The van der Waals surface area contributed by atoms with Crippen LogP contribution in [0.15, 0.2) is 96.6 Å². The van der Waals surface area contributed by atoms with E-state index in [4.69, 9.17) is 4.43 Å². The van der Waals surface area contributed by atoms with E-state index in [0.29, 0.717) is 6.61 Å². The molecule has 0 aliphatic rings. The molecule has 4 aromatic rings. The maximum absolute atomic E-state index is 7.00. The first-order valence-electron chi connectivity index (χ1n) is 10.7. The zero-order chi connectivity index (χ0) is 21.7. The lowest BCUT2D eigenvalue weighted by Crippen LogP contribution is -2.66. The van der Waals surface area contributed by atoms with Crippen LogP contribution in [0.25, 0.3) is 10.4 Å². The molecular weight excluding hydrogens is 414 g/mol. The van der Waals surface area contributed by atoms with E-state index in [2.05, 4.69) is 111 Å². The van der Waals surface area contributed by atoms with Gasteiger partial charge in [0.25, 0.3) is 8.32 Å². The van der Waals surface area contributed by atoms with E-state index in [9.17, 15) is 0 Å². The highest BCUT2D eigenvalue weighted by Crippen LogP contribution is 2.36. The zero-order valence-electron chi connectivity index (χ0n) is 18.4. The summed E-state index contributed by atoms with van der Waals surface area (Å²) in [6, 6.07) is 30.5. The maximum Gasteiger partial charge on any atom is 0.261 e. The van der Waals surface area contributed by atoms with Crippen LogP contribution in [-0.4, -0.2) is 19.9 Å². The van der Waals surface area contributed by atoms with Crippen molar-refractivity contribution in [1.29, 1.82) is 0 Å². The molecule has 158 valence electrons. The van der Waals surface area contributed by atoms with E-state index < -0.39 is 8.32 Å². The quantitative estimate of drug-likeness (QED) is 0.330. The summed E-state index contributed by atoms with van der Waals surface area (Å²) < 4.78 is 7.00. The molecular formula is C27H29NOSSi. The fourth-order valence-electron chi connectivity index (χ4n) is 4.28. The van der Waals surface area contributed by atoms with Crippen LogP contribution in [0.2, 0.25) is 5.04 Å². The topological polar surface area (TPSA) is 22.1 Å². The van der Waals surface area contributed by atoms with Crippen LogP contribution in [0.4, 0.5) is 0 Å². The van der Waals surface area contributed by atoms with E-state index in [1.807, 2.05) is 11.7 Å². The second kappa shape index (κ2) is 9.31. The Morgan fingerprint density at radius 1 is 0.806 bits per heavy atom. The van der Waals surface area contributed by atoms with Crippen LogP contribution in [0.1, 0.15) is 26.3 Å². The first kappa shape index (κ1) is 21.7. The summed E-state index contributed by atoms with van der Waals surface area (Å²) in [5, 5.41) is 2.66. The van der Waals surface area contributed by atoms with Crippen molar-refractivity contribution in [1.82, 2.24) is 4.98 Å². The van der Waals surface area contributed by atoms with Crippen molar-refractivity contribution in [2.24, 2.45) is 0 Å². The van der Waals surface area contributed by atoms with Gasteiger partial charge in [0.2, 0.25) is 0 Å². The molecule has 0 saturated heterocycles. The Balaban J connectivity index is 1.60. The van der Waals surface area contributed by atoms with Crippen molar-refractivity contribution < 1.29 is 4.43 Å². The fraction of sp³-hybridized carbons (Fsp3) is 0.222. The Bertz CT molecular complexity index is 1030. The van der Waals surface area contributed by atoms with Crippen LogP contribution in [0, 0.1) is 0 Å². The van der Waals surface area contributed by atoms with Crippen LogP contribution in [0.5, 0.6) is 0 Å². The van der Waals surface area contributed by atoms with Gasteiger partial charge in [-0.1, -0.05) is 106 Å². The van der Waals surface area contributed by atoms with Crippen LogP contribution < -0.4 is 10.4 Å². The first-order valence-corrected chi connectivity index (χ1v) is 13.5. The number of aromatic nitrogens is 1. The third kappa shape index (κ3) is 4.57. The lowest BCUT2D eigenvalue weighted by Gasteiger charge is -2.43. The van der Waals surface area contributed by atoms with Gasteiger partial charge < -0.3 is 4.43 Å². The van der Waals surface area contributed by atoms with Crippen LogP contribution in [-0.2, 0) is 10.8 Å². The van der Waals surface area contributed by atoms with Crippen molar-refractivity contribution >= 4 is 30.0 Å². The molecule has 1 aromatic heterocycles. The molecule has 0 spiro atoms. The van der Waals surface area contributed by atoms with Gasteiger partial charge in [-0.2, -0.15) is 0 Å². The number of benzene rings is 3. The molecule has 0 N–H and O–H groups in total. The average Bonchev–Trinajstić information content (AvgIpc) is 3.33. The van der Waals surface area contributed by atoms with Crippen LogP contribution in [0.3, 0.4) is 0 Å². The Hall–Kier alpha value is -2.53. The number of hydrogen-bond donors (Lipinski definition) is 0. The van der Waals surface area contributed by atoms with Crippen molar-refractivity contribution in [2.75, 3.05) is 6.61 Å². The summed E-state index contributed by atoms with van der Waals surface area (Å²) in [7, 11) is -2.46. The van der Waals surface area contributed by atoms with Gasteiger partial charge >= 0.3 is 0 Å². The van der Waals surface area contributed by atoms with Crippen LogP contribution >= 0.6 is 11.3 Å². The predicted molar refractivity (Wildman–Crippen MR) is 135 cm³/mol. The van der Waals surface area contributed by atoms with Gasteiger partial charge in [-0.3, -0.25) is 4.98 Å². The van der Waals surface area contributed by atoms with Crippen molar-refractivity contribution in [2.45, 2.75) is 32.2 Å². The number of nitrogens with zero attached hydrogens (tertiary/aromatic N) is 1. The Labute approximate surface area is 190 Å². The summed E-state index contributed by atoms with van der Waals surface area (Å²) in [5.41, 5.74) is 4.39. The predicted octanol–water partition coefficient (Wildman–Crippen LogP) is 5.93. The van der Waals surface area contributed by atoms with Gasteiger partial charge in [0.1, 0.15) is 0 Å². The SMILES string of the molecule is CC(C)(C)[Si](OCCc1ccc(-c2cncs2)cc1)(c1ccccc1)c1ccccc1. The van der Waals surface area contributed by atoms with E-state index in [1.54, 1.807) is 11.3 Å². The van der Waals surface area contributed by atoms with E-state index in [-0.39, 0.29) is 5.04 Å². The minimum Gasteiger partial charge on any atom is -0.407 e. The third-order valence-electron chi connectivity index (χ3n) is 5.80. The average molecular weight is 444 g/mol. The summed E-state index contributed by atoms with van der Waals surface area (Å²) in [6.07, 6.45) is 2.82. The molecule has 0 amide bonds. The second-order valence-corrected chi connectivity index (χ2v) is 14.0. The molecule has 0 saturated carbocycles. The summed E-state index contributed by atoms with van der Waals surface area (Å²) in [6.45, 7) is 7.67. The van der Waals surface area contributed by atoms with E-state index in [0.717, 1.165) is 6.42 Å². The van der Waals surface area contributed by atoms with Gasteiger partial charge in [-0.15, -0.1) is 11.3 Å². The summed E-state index contributed by atoms with van der Waals surface area (Å²) in [5.74, 6) is 0. The van der Waals surface area contributed by atoms with E-state index >= 15 is 0 Å². The lowest BCUT2D eigenvalue weighted by molar-refractivity contribution is 0.302. The monoisotopic (exact) mass is 443 g/mol. The minimum absolute atomic E-state index is 0.00569. The molecule has 0 atom stereocenters. The summed E-state index contributed by atoms with van der Waals surface area (Å²) >= 11 is 1.67. The molecule has 0 bridgehead atoms. The standard InChI is InChI=1S/C27H29NOSSi/c1-27(2,3)31(24-10-6-4-7-11-24,25-12-8-5-9-13-25)29-19-18-22-14-16-23(17-15-22)26-20-28-21-30-26/h4-17,20-21H,18-19H2,1-3H3. The number of hydrogen-bond acceptors (Lipinski definition) is 3. The molecule has 4 rings (SSSR count). The van der Waals surface area contributed by atoms with Gasteiger partial charge in [0, 0.05) is 12.8 Å². The molecule has 0 radical (unpaired) electrons. The first-order chi connectivity index (χ1) is 15.0. The lowest BCUT2D eigenvalue weighted by atomic mass is 10.1. The van der Waals surface area contributed by atoms with Crippen molar-refractivity contribution in [3.05, 3.63) is 102 Å². The van der Waals surface area contributed by atoms with Gasteiger partial charge in [0.15, 0.2) is 0 Å². The molecule has 31 heavy (non-hydrogen) atoms. The molecule has 0 unspecified atom stereocenters. The minimum atomic E-state index is -2.46. The molecule has 4 heteroatoms. The molecule has 3 aromatic carbocycles. The molecule has 2 nitrogen and oxygen atoms in total. The Morgan fingerprint density at radius 3 is 1.87 bits per heavy atom. The third-order valence-corrected chi connectivity index (χ3v) is 11.7. The Morgan fingerprint density at radius 2 is 1.39 bits per heavy atom. The molecule has 1 heterocycles. The highest BCUT2D eigenvalue weighted by atomic mass is 32.1. The van der Waals surface area contributed by atoms with Crippen molar-refractivity contribution in [3.63, 3.8) is 0 Å². The van der Waals surface area contributed by atoms with Gasteiger partial charge in [0.05, 0.1) is 10.4 Å².